The number of H-pyrrole nitrogens is 1. The second kappa shape index (κ2) is 2.85. The number of hydrogen-bond donors (Lipinski definition) is 1. The van der Waals surface area contributed by atoms with E-state index in [2.05, 4.69) is 15.0 Å². The van der Waals surface area contributed by atoms with Crippen molar-refractivity contribution < 1.29 is 4.74 Å². The average molecular weight is 177 g/mol. The van der Waals surface area contributed by atoms with Crippen LogP contribution < -0.4 is 10.3 Å². The molecule has 0 aliphatic rings. The van der Waals surface area contributed by atoms with Crippen LogP contribution in [0.4, 0.5) is 0 Å². The topological polar surface area (TPSA) is 67.9 Å². The normalized spacial score (nSPS) is 10.2. The highest BCUT2D eigenvalue weighted by Crippen LogP contribution is 2.09. The van der Waals surface area contributed by atoms with E-state index < -0.39 is 0 Å². The van der Waals surface area contributed by atoms with E-state index in [1.54, 1.807) is 12.1 Å². The second-order valence-corrected chi connectivity index (χ2v) is 2.47. The largest absolute Gasteiger partial charge is 0.481 e. The molecule has 0 radical (unpaired) electrons. The highest BCUT2D eigenvalue weighted by atomic mass is 16.5. The van der Waals surface area contributed by atoms with Gasteiger partial charge in [0.1, 0.15) is 0 Å². The monoisotopic (exact) mass is 177 g/mol. The average Bonchev–Trinajstić information content (AvgIpc) is 2.17. The number of nitrogens with zero attached hydrogens (tertiary/aromatic N) is 2. The highest BCUT2D eigenvalue weighted by molar-refractivity contribution is 5.69. The third kappa shape index (κ3) is 1.35. The number of nitrogens with one attached hydrogen (secondary N) is 1. The van der Waals surface area contributed by atoms with E-state index in [4.69, 9.17) is 4.74 Å². The number of hydrogen-bond acceptors (Lipinski definition) is 4. The van der Waals surface area contributed by atoms with Crippen molar-refractivity contribution in [1.82, 2.24) is 15.0 Å². The van der Waals surface area contributed by atoms with Crippen LogP contribution in [0.3, 0.4) is 0 Å². The van der Waals surface area contributed by atoms with Gasteiger partial charge in [0, 0.05) is 6.07 Å². The molecule has 0 amide bonds. The Morgan fingerprint density at radius 1 is 1.46 bits per heavy atom. The Morgan fingerprint density at radius 2 is 2.31 bits per heavy atom. The maximum atomic E-state index is 10.9. The fourth-order valence-corrected chi connectivity index (χ4v) is 1.03. The molecule has 0 fully saturated rings. The summed E-state index contributed by atoms with van der Waals surface area (Å²) in [5.41, 5.74) is 0.840. The van der Waals surface area contributed by atoms with E-state index >= 15 is 0 Å². The van der Waals surface area contributed by atoms with E-state index in [0.717, 1.165) is 0 Å². The van der Waals surface area contributed by atoms with E-state index in [-0.39, 0.29) is 5.56 Å². The molecule has 5 nitrogen and oxygen atoms in total. The summed E-state index contributed by atoms with van der Waals surface area (Å²) in [5, 5.41) is 0. The lowest BCUT2D eigenvalue weighted by atomic mass is 10.4. The molecule has 1 N–H and O–H groups in total. The van der Waals surface area contributed by atoms with Gasteiger partial charge in [0.05, 0.1) is 18.8 Å². The molecule has 0 spiro atoms. The minimum absolute atomic E-state index is 0.237. The molecule has 0 aliphatic carbocycles. The number of aromatic amines is 1. The lowest BCUT2D eigenvalue weighted by Crippen LogP contribution is -2.05. The Kier molecular flexibility index (Phi) is 1.70. The Hall–Kier alpha value is -1.91. The standard InChI is InChI=1S/C8H7N3O2/c1-13-7-3-2-5-8(11-7)9-4-6(12)10-5/h2-4H,1H3,(H,10,12). The molecule has 0 unspecified atom stereocenters. The van der Waals surface area contributed by atoms with Gasteiger partial charge in [0.25, 0.3) is 5.56 Å². The molecule has 0 bridgehead atoms. The number of methoxy groups -OCH3 is 1. The van der Waals surface area contributed by atoms with Gasteiger partial charge in [-0.05, 0) is 6.07 Å². The number of pyridine rings is 1. The third-order valence-electron chi connectivity index (χ3n) is 1.62. The molecule has 0 saturated carbocycles. The maximum Gasteiger partial charge on any atom is 0.266 e. The van der Waals surface area contributed by atoms with Crippen molar-refractivity contribution in [2.45, 2.75) is 0 Å². The first-order valence-corrected chi connectivity index (χ1v) is 3.69. The Bertz CT molecular complexity index is 492. The van der Waals surface area contributed by atoms with Gasteiger partial charge in [-0.15, -0.1) is 0 Å². The summed E-state index contributed by atoms with van der Waals surface area (Å²) < 4.78 is 4.91. The number of ether oxygens (including phenoxy) is 1. The van der Waals surface area contributed by atoms with Crippen LogP contribution in [0.2, 0.25) is 0 Å². The molecule has 0 aromatic carbocycles. The van der Waals surface area contributed by atoms with Crippen LogP contribution in [0.5, 0.6) is 5.88 Å². The first kappa shape index (κ1) is 7.72. The lowest BCUT2D eigenvalue weighted by Gasteiger charge is -1.98. The fraction of sp³-hybridized carbons (Fsp3) is 0.125. The van der Waals surface area contributed by atoms with Crippen molar-refractivity contribution in [3.05, 3.63) is 28.7 Å². The number of aromatic nitrogens is 3. The van der Waals surface area contributed by atoms with Crippen molar-refractivity contribution in [3.8, 4) is 5.88 Å². The van der Waals surface area contributed by atoms with Crippen molar-refractivity contribution in [1.29, 1.82) is 0 Å². The van der Waals surface area contributed by atoms with Crippen molar-refractivity contribution in [3.63, 3.8) is 0 Å². The van der Waals surface area contributed by atoms with Crippen LogP contribution in [0.1, 0.15) is 0 Å². The first-order chi connectivity index (χ1) is 6.29. The van der Waals surface area contributed by atoms with Gasteiger partial charge >= 0.3 is 0 Å². The molecule has 66 valence electrons. The zero-order valence-electron chi connectivity index (χ0n) is 6.94. The molecule has 2 rings (SSSR count). The summed E-state index contributed by atoms with van der Waals surface area (Å²) in [5.74, 6) is 0.479. The molecular formula is C8H7N3O2. The van der Waals surface area contributed by atoms with Crippen LogP contribution in [0.25, 0.3) is 11.2 Å². The Labute approximate surface area is 73.4 Å². The molecule has 0 aliphatic heterocycles. The van der Waals surface area contributed by atoms with Crippen molar-refractivity contribution in [2.24, 2.45) is 0 Å². The van der Waals surface area contributed by atoms with Gasteiger partial charge in [-0.2, -0.15) is 4.98 Å². The summed E-state index contributed by atoms with van der Waals surface area (Å²) >= 11 is 0. The SMILES string of the molecule is COc1ccc2[nH]c(=O)cnc2n1. The van der Waals surface area contributed by atoms with E-state index in [1.807, 2.05) is 0 Å². The Balaban J connectivity index is 2.73. The van der Waals surface area contributed by atoms with Crippen LogP contribution in [-0.2, 0) is 0 Å². The van der Waals surface area contributed by atoms with Gasteiger partial charge in [0.2, 0.25) is 5.88 Å². The van der Waals surface area contributed by atoms with Gasteiger partial charge in [-0.25, -0.2) is 4.98 Å². The molecule has 2 aromatic rings. The number of fused-ring (bicyclic) bond motifs is 1. The third-order valence-corrected chi connectivity index (χ3v) is 1.62. The van der Waals surface area contributed by atoms with Gasteiger partial charge in [0.15, 0.2) is 5.65 Å². The van der Waals surface area contributed by atoms with Crippen molar-refractivity contribution >= 4 is 11.2 Å². The highest BCUT2D eigenvalue weighted by Gasteiger charge is 1.98. The smallest absolute Gasteiger partial charge is 0.266 e. The van der Waals surface area contributed by atoms with Gasteiger partial charge in [-0.3, -0.25) is 4.79 Å². The summed E-state index contributed by atoms with van der Waals surface area (Å²) in [4.78, 5) is 21.4. The minimum Gasteiger partial charge on any atom is -0.481 e. The molecule has 0 saturated heterocycles. The maximum absolute atomic E-state index is 10.9. The fourth-order valence-electron chi connectivity index (χ4n) is 1.03. The molecule has 13 heavy (non-hydrogen) atoms. The quantitative estimate of drug-likeness (QED) is 0.681. The first-order valence-electron chi connectivity index (χ1n) is 3.69. The molecule has 0 atom stereocenters. The zero-order valence-corrected chi connectivity index (χ0v) is 6.94. The van der Waals surface area contributed by atoms with Crippen molar-refractivity contribution in [2.75, 3.05) is 7.11 Å². The zero-order chi connectivity index (χ0) is 9.26. The molecular weight excluding hydrogens is 170 g/mol. The predicted molar refractivity (Wildman–Crippen MR) is 46.7 cm³/mol. The Morgan fingerprint density at radius 3 is 3.08 bits per heavy atom. The van der Waals surface area contributed by atoms with Crippen LogP contribution in [0, 0.1) is 0 Å². The second-order valence-electron chi connectivity index (χ2n) is 2.47. The summed E-state index contributed by atoms with van der Waals surface area (Å²) in [7, 11) is 1.53. The predicted octanol–water partition coefficient (Wildman–Crippen LogP) is 0.327. The van der Waals surface area contributed by atoms with E-state index in [9.17, 15) is 4.79 Å². The van der Waals surface area contributed by atoms with Gasteiger partial charge < -0.3 is 9.72 Å². The summed E-state index contributed by atoms with van der Waals surface area (Å²) in [6.07, 6.45) is 1.19. The van der Waals surface area contributed by atoms with Crippen LogP contribution in [-0.4, -0.2) is 22.1 Å². The van der Waals surface area contributed by atoms with E-state index in [0.29, 0.717) is 17.0 Å². The minimum atomic E-state index is -0.237. The van der Waals surface area contributed by atoms with E-state index in [1.165, 1.54) is 13.3 Å². The van der Waals surface area contributed by atoms with Crippen LogP contribution >= 0.6 is 0 Å². The summed E-state index contributed by atoms with van der Waals surface area (Å²) in [6.45, 7) is 0. The summed E-state index contributed by atoms with van der Waals surface area (Å²) in [6, 6.07) is 3.37. The van der Waals surface area contributed by atoms with Crippen LogP contribution in [0.15, 0.2) is 23.1 Å². The number of rotatable bonds is 1. The molecule has 5 heteroatoms. The van der Waals surface area contributed by atoms with Gasteiger partial charge in [-0.1, -0.05) is 0 Å². The molecule has 2 aromatic heterocycles. The lowest BCUT2D eigenvalue weighted by molar-refractivity contribution is 0.399. The molecule has 2 heterocycles.